The topological polar surface area (TPSA) is 52.6 Å². The van der Waals surface area contributed by atoms with Crippen LogP contribution in [0.4, 0.5) is 5.69 Å². The first-order valence-corrected chi connectivity index (χ1v) is 7.43. The minimum atomic E-state index is 0.0444. The average molecular weight is 276 g/mol. The molecule has 2 rings (SSSR count). The Labute approximate surface area is 120 Å². The van der Waals surface area contributed by atoms with Crippen molar-refractivity contribution in [3.05, 3.63) is 29.8 Å². The molecule has 1 aliphatic rings. The van der Waals surface area contributed by atoms with Crippen LogP contribution in [0.25, 0.3) is 0 Å². The van der Waals surface area contributed by atoms with Gasteiger partial charge in [-0.15, -0.1) is 0 Å². The van der Waals surface area contributed by atoms with Gasteiger partial charge in [-0.2, -0.15) is 0 Å². The first-order chi connectivity index (χ1) is 9.71. The number of aliphatic hydroxyl groups excluding tert-OH is 1. The van der Waals surface area contributed by atoms with E-state index in [1.807, 2.05) is 18.2 Å². The molecule has 0 aromatic heterocycles. The number of carbonyl (C=O) groups excluding carboxylic acids is 1. The minimum absolute atomic E-state index is 0.0444. The number of hydrogen-bond donors (Lipinski definition) is 2. The second-order valence-corrected chi connectivity index (χ2v) is 5.50. The van der Waals surface area contributed by atoms with Gasteiger partial charge in [0.2, 0.25) is 5.91 Å². The molecule has 20 heavy (non-hydrogen) atoms. The first kappa shape index (κ1) is 15.0. The molecule has 1 aromatic rings. The van der Waals surface area contributed by atoms with Crippen LogP contribution in [-0.2, 0) is 11.2 Å². The lowest BCUT2D eigenvalue weighted by molar-refractivity contribution is -0.117. The Morgan fingerprint density at radius 3 is 3.10 bits per heavy atom. The van der Waals surface area contributed by atoms with Crippen LogP contribution in [0.5, 0.6) is 0 Å². The maximum atomic E-state index is 12.0. The van der Waals surface area contributed by atoms with Gasteiger partial charge in [-0.25, -0.2) is 0 Å². The van der Waals surface area contributed by atoms with E-state index in [0.29, 0.717) is 12.5 Å². The van der Waals surface area contributed by atoms with Gasteiger partial charge in [0.1, 0.15) is 0 Å². The van der Waals surface area contributed by atoms with Gasteiger partial charge in [0.25, 0.3) is 0 Å². The fourth-order valence-electron chi connectivity index (χ4n) is 2.75. The van der Waals surface area contributed by atoms with Gasteiger partial charge in [-0.05, 0) is 49.4 Å². The van der Waals surface area contributed by atoms with Crippen molar-refractivity contribution >= 4 is 11.6 Å². The van der Waals surface area contributed by atoms with E-state index in [1.54, 1.807) is 0 Å². The van der Waals surface area contributed by atoms with E-state index in [1.165, 1.54) is 5.56 Å². The van der Waals surface area contributed by atoms with Crippen molar-refractivity contribution in [2.24, 2.45) is 5.92 Å². The summed E-state index contributed by atoms with van der Waals surface area (Å²) in [4.78, 5) is 14.2. The first-order valence-electron chi connectivity index (χ1n) is 7.43. The third-order valence-electron chi connectivity index (χ3n) is 3.89. The molecular weight excluding hydrogens is 252 g/mol. The maximum Gasteiger partial charge on any atom is 0.238 e. The number of hydrogen-bond acceptors (Lipinski definition) is 3. The molecule has 0 spiro atoms. The largest absolute Gasteiger partial charge is 0.396 e. The van der Waals surface area contributed by atoms with Crippen LogP contribution in [0.15, 0.2) is 24.3 Å². The Kier molecular flexibility index (Phi) is 5.56. The van der Waals surface area contributed by atoms with Crippen LogP contribution in [0.2, 0.25) is 0 Å². The van der Waals surface area contributed by atoms with Gasteiger partial charge in [0, 0.05) is 18.8 Å². The molecule has 0 bridgehead atoms. The Bertz CT molecular complexity index is 448. The summed E-state index contributed by atoms with van der Waals surface area (Å²) in [7, 11) is 0. The highest BCUT2D eigenvalue weighted by atomic mass is 16.3. The van der Waals surface area contributed by atoms with Crippen molar-refractivity contribution in [2.45, 2.75) is 26.2 Å². The molecule has 1 unspecified atom stereocenters. The van der Waals surface area contributed by atoms with Crippen LogP contribution in [0.3, 0.4) is 0 Å². The molecular formula is C16H24N2O2. The molecule has 0 aliphatic carbocycles. The lowest BCUT2D eigenvalue weighted by atomic mass is 10.1. The number of aliphatic hydroxyl groups is 1. The number of benzene rings is 1. The zero-order valence-electron chi connectivity index (χ0n) is 12.1. The van der Waals surface area contributed by atoms with Gasteiger partial charge in [0.15, 0.2) is 0 Å². The summed E-state index contributed by atoms with van der Waals surface area (Å²) in [5, 5.41) is 11.9. The molecule has 4 nitrogen and oxygen atoms in total. The van der Waals surface area contributed by atoms with Gasteiger partial charge in [-0.3, -0.25) is 9.69 Å². The highest BCUT2D eigenvalue weighted by Gasteiger charge is 2.23. The second kappa shape index (κ2) is 7.41. The lowest BCUT2D eigenvalue weighted by Crippen LogP contribution is -2.31. The molecule has 2 N–H and O–H groups in total. The van der Waals surface area contributed by atoms with E-state index in [9.17, 15) is 4.79 Å². The van der Waals surface area contributed by atoms with Crippen molar-refractivity contribution < 1.29 is 9.90 Å². The molecule has 1 amide bonds. The van der Waals surface area contributed by atoms with Crippen LogP contribution in [0.1, 0.15) is 25.3 Å². The van der Waals surface area contributed by atoms with Gasteiger partial charge >= 0.3 is 0 Å². The monoisotopic (exact) mass is 276 g/mol. The Morgan fingerprint density at radius 1 is 1.50 bits per heavy atom. The molecule has 4 heteroatoms. The van der Waals surface area contributed by atoms with Gasteiger partial charge < -0.3 is 10.4 Å². The van der Waals surface area contributed by atoms with Crippen LogP contribution < -0.4 is 5.32 Å². The zero-order chi connectivity index (χ0) is 14.4. The fourth-order valence-corrected chi connectivity index (χ4v) is 2.75. The number of anilines is 1. The number of nitrogens with zero attached hydrogens (tertiary/aromatic N) is 1. The number of nitrogens with one attached hydrogen (secondary N) is 1. The third kappa shape index (κ3) is 4.32. The highest BCUT2D eigenvalue weighted by molar-refractivity contribution is 5.92. The summed E-state index contributed by atoms with van der Waals surface area (Å²) < 4.78 is 0. The molecule has 1 aliphatic heterocycles. The normalized spacial score (nSPS) is 19.2. The van der Waals surface area contributed by atoms with Crippen molar-refractivity contribution in [3.8, 4) is 0 Å². The van der Waals surface area contributed by atoms with E-state index in [-0.39, 0.29) is 12.5 Å². The van der Waals surface area contributed by atoms with Crippen LogP contribution >= 0.6 is 0 Å². The predicted octanol–water partition coefficient (Wildman–Crippen LogP) is 1.89. The Balaban J connectivity index is 1.80. The zero-order valence-corrected chi connectivity index (χ0v) is 12.1. The van der Waals surface area contributed by atoms with Crippen LogP contribution in [0, 0.1) is 5.92 Å². The van der Waals surface area contributed by atoms with Crippen molar-refractivity contribution in [1.82, 2.24) is 4.90 Å². The molecule has 1 aromatic carbocycles. The fraction of sp³-hybridized carbons (Fsp3) is 0.562. The summed E-state index contributed by atoms with van der Waals surface area (Å²) >= 11 is 0. The molecule has 1 fully saturated rings. The third-order valence-corrected chi connectivity index (χ3v) is 3.89. The molecule has 0 saturated carbocycles. The minimum Gasteiger partial charge on any atom is -0.396 e. The summed E-state index contributed by atoms with van der Waals surface area (Å²) in [5.74, 6) is 0.583. The van der Waals surface area contributed by atoms with E-state index in [4.69, 9.17) is 5.11 Å². The smallest absolute Gasteiger partial charge is 0.238 e. The van der Waals surface area contributed by atoms with E-state index in [0.717, 1.165) is 38.0 Å². The van der Waals surface area contributed by atoms with Gasteiger partial charge in [0.05, 0.1) is 6.54 Å². The quantitative estimate of drug-likeness (QED) is 0.834. The number of carbonyl (C=O) groups is 1. The molecule has 110 valence electrons. The molecule has 1 atom stereocenters. The summed E-state index contributed by atoms with van der Waals surface area (Å²) in [6, 6.07) is 7.99. The Hall–Kier alpha value is -1.39. The van der Waals surface area contributed by atoms with Crippen molar-refractivity contribution in [3.63, 3.8) is 0 Å². The summed E-state index contributed by atoms with van der Waals surface area (Å²) in [6.45, 7) is 4.66. The maximum absolute atomic E-state index is 12.0. The summed E-state index contributed by atoms with van der Waals surface area (Å²) in [6.07, 6.45) is 2.90. The van der Waals surface area contributed by atoms with E-state index in [2.05, 4.69) is 23.2 Å². The van der Waals surface area contributed by atoms with E-state index < -0.39 is 0 Å². The molecule has 1 saturated heterocycles. The molecule has 1 heterocycles. The SMILES string of the molecule is CCc1cccc(NC(=O)CN2CCC(CCO)C2)c1. The van der Waals surface area contributed by atoms with Crippen molar-refractivity contribution in [1.29, 1.82) is 0 Å². The van der Waals surface area contributed by atoms with Gasteiger partial charge in [-0.1, -0.05) is 19.1 Å². The molecule has 0 radical (unpaired) electrons. The number of likely N-dealkylation sites (tertiary alicyclic amines) is 1. The number of amides is 1. The Morgan fingerprint density at radius 2 is 2.35 bits per heavy atom. The summed E-state index contributed by atoms with van der Waals surface area (Å²) in [5.41, 5.74) is 2.10. The average Bonchev–Trinajstić information content (AvgIpc) is 2.86. The number of aryl methyl sites for hydroxylation is 1. The van der Waals surface area contributed by atoms with Crippen LogP contribution in [-0.4, -0.2) is 42.2 Å². The standard InChI is InChI=1S/C16H24N2O2/c1-2-13-4-3-5-15(10-13)17-16(20)12-18-8-6-14(11-18)7-9-19/h3-5,10,14,19H,2,6-9,11-12H2,1H3,(H,17,20). The number of rotatable bonds is 6. The predicted molar refractivity (Wildman–Crippen MR) is 80.7 cm³/mol. The van der Waals surface area contributed by atoms with Crippen molar-refractivity contribution in [2.75, 3.05) is 31.6 Å². The van der Waals surface area contributed by atoms with E-state index >= 15 is 0 Å². The second-order valence-electron chi connectivity index (χ2n) is 5.50. The lowest BCUT2D eigenvalue weighted by Gasteiger charge is -2.15. The highest BCUT2D eigenvalue weighted by Crippen LogP contribution is 2.19.